The second-order valence-electron chi connectivity index (χ2n) is 3.25. The van der Waals surface area contributed by atoms with Crippen molar-refractivity contribution in [2.45, 2.75) is 16.5 Å². The number of aliphatic carboxylic acids is 1. The molecule has 0 saturated carbocycles. The normalized spacial score (nSPS) is 35.1. The summed E-state index contributed by atoms with van der Waals surface area (Å²) in [6.07, 6.45) is 3.18. The van der Waals surface area contributed by atoms with Gasteiger partial charge in [-0.2, -0.15) is 0 Å². The Morgan fingerprint density at radius 1 is 1.79 bits per heavy atom. The fourth-order valence-corrected chi connectivity index (χ4v) is 2.77. The Morgan fingerprint density at radius 3 is 2.93 bits per heavy atom. The number of amides is 1. The lowest BCUT2D eigenvalue weighted by Gasteiger charge is -2.44. The first-order valence-corrected chi connectivity index (χ1v) is 4.99. The van der Waals surface area contributed by atoms with E-state index in [1.54, 1.807) is 0 Å². The minimum absolute atomic E-state index is 0.00400. The first-order valence-electron chi connectivity index (χ1n) is 4.12. The zero-order chi connectivity index (χ0) is 10.3. The van der Waals surface area contributed by atoms with Crippen LogP contribution in [0, 0.1) is 0 Å². The molecule has 2 aliphatic rings. The maximum absolute atomic E-state index is 11.0. The molecule has 2 N–H and O–H groups in total. The Hall–Kier alpha value is -1.01. The number of thioether (sulfide) groups is 1. The van der Waals surface area contributed by atoms with Crippen LogP contribution in [0.4, 0.5) is 0 Å². The van der Waals surface area contributed by atoms with Gasteiger partial charge >= 0.3 is 5.97 Å². The van der Waals surface area contributed by atoms with E-state index in [1.807, 2.05) is 0 Å². The molecule has 6 heteroatoms. The van der Waals surface area contributed by atoms with Gasteiger partial charge in [0.05, 0.1) is 18.4 Å². The highest BCUT2D eigenvalue weighted by Gasteiger charge is 2.48. The van der Waals surface area contributed by atoms with Crippen LogP contribution in [0.5, 0.6) is 0 Å². The van der Waals surface area contributed by atoms with Crippen molar-refractivity contribution in [2.75, 3.05) is 6.61 Å². The molecular formula is C8H9NO4S. The van der Waals surface area contributed by atoms with Gasteiger partial charge in [0.15, 0.2) is 4.75 Å². The zero-order valence-electron chi connectivity index (χ0n) is 7.21. The number of aliphatic hydroxyl groups is 1. The number of carbonyl (C=O) groups is 2. The summed E-state index contributed by atoms with van der Waals surface area (Å²) in [6.45, 7) is -0.456. The van der Waals surface area contributed by atoms with Gasteiger partial charge in [0.2, 0.25) is 5.91 Å². The van der Waals surface area contributed by atoms with Crippen LogP contribution in [0.1, 0.15) is 6.42 Å². The molecule has 14 heavy (non-hydrogen) atoms. The largest absolute Gasteiger partial charge is 0.480 e. The third-order valence-electron chi connectivity index (χ3n) is 2.40. The van der Waals surface area contributed by atoms with Gasteiger partial charge < -0.3 is 15.1 Å². The molecule has 2 aliphatic heterocycles. The maximum atomic E-state index is 11.0. The van der Waals surface area contributed by atoms with Crippen molar-refractivity contribution in [2.24, 2.45) is 0 Å². The predicted molar refractivity (Wildman–Crippen MR) is 49.4 cm³/mol. The van der Waals surface area contributed by atoms with E-state index >= 15 is 0 Å². The van der Waals surface area contributed by atoms with Crippen molar-refractivity contribution >= 4 is 23.6 Å². The molecule has 0 aromatic carbocycles. The summed E-state index contributed by atoms with van der Waals surface area (Å²) >= 11 is 1.11. The van der Waals surface area contributed by atoms with E-state index in [4.69, 9.17) is 10.2 Å². The Kier molecular flexibility index (Phi) is 2.04. The topological polar surface area (TPSA) is 77.8 Å². The molecule has 1 unspecified atom stereocenters. The first kappa shape index (κ1) is 9.54. The zero-order valence-corrected chi connectivity index (χ0v) is 8.03. The van der Waals surface area contributed by atoms with Gasteiger partial charge in [-0.25, -0.2) is 0 Å². The van der Waals surface area contributed by atoms with E-state index in [9.17, 15) is 9.59 Å². The number of hydrogen-bond acceptors (Lipinski definition) is 4. The molecule has 76 valence electrons. The van der Waals surface area contributed by atoms with E-state index in [0.29, 0.717) is 6.42 Å². The maximum Gasteiger partial charge on any atom is 0.326 e. The van der Waals surface area contributed by atoms with Crippen molar-refractivity contribution in [3.63, 3.8) is 0 Å². The number of carboxylic acid groups (broad SMARTS) is 1. The smallest absolute Gasteiger partial charge is 0.326 e. The highest BCUT2D eigenvalue weighted by Crippen LogP contribution is 2.43. The fourth-order valence-electron chi connectivity index (χ4n) is 1.44. The van der Waals surface area contributed by atoms with Crippen LogP contribution in [0.3, 0.4) is 0 Å². The van der Waals surface area contributed by atoms with Gasteiger partial charge in [-0.15, -0.1) is 11.8 Å². The number of rotatable bonds is 2. The van der Waals surface area contributed by atoms with E-state index in [0.717, 1.165) is 11.8 Å². The van der Waals surface area contributed by atoms with Crippen LogP contribution in [0.25, 0.3) is 0 Å². The molecule has 0 bridgehead atoms. The molecule has 0 spiro atoms. The van der Waals surface area contributed by atoms with Crippen molar-refractivity contribution in [1.82, 2.24) is 4.90 Å². The van der Waals surface area contributed by atoms with Crippen LogP contribution in [0.2, 0.25) is 0 Å². The van der Waals surface area contributed by atoms with Gasteiger partial charge in [0.25, 0.3) is 0 Å². The molecule has 0 aromatic rings. The highest BCUT2D eigenvalue weighted by molar-refractivity contribution is 8.02. The van der Waals surface area contributed by atoms with Crippen molar-refractivity contribution < 1.29 is 19.8 Å². The number of β-lactam (4-membered cyclic amide) rings is 1. The summed E-state index contributed by atoms with van der Waals surface area (Å²) in [6, 6.07) is 0. The molecule has 0 aromatic heterocycles. The predicted octanol–water partition coefficient (Wildman–Crippen LogP) is -0.379. The number of fused-ring (bicyclic) bond motifs is 1. The lowest BCUT2D eigenvalue weighted by Crippen LogP contribution is -2.54. The molecule has 0 aliphatic carbocycles. The quantitative estimate of drug-likeness (QED) is 0.614. The van der Waals surface area contributed by atoms with Gasteiger partial charge in [-0.1, -0.05) is 0 Å². The standard InChI is InChI=1S/C8H9NO4S/c10-4-8(7(12)13)1-2-9-5(11)3-6(9)14-8/h1-2,6,10H,3-4H2,(H,12,13)/t6-,8?/m1/s1. The van der Waals surface area contributed by atoms with Crippen LogP contribution >= 0.6 is 11.8 Å². The van der Waals surface area contributed by atoms with Crippen molar-refractivity contribution in [3.05, 3.63) is 12.3 Å². The number of carbonyl (C=O) groups excluding carboxylic acids is 1. The Bertz CT molecular complexity index is 329. The Balaban J connectivity index is 2.25. The van der Waals surface area contributed by atoms with E-state index in [1.165, 1.54) is 17.2 Å². The van der Waals surface area contributed by atoms with Gasteiger partial charge in [0.1, 0.15) is 0 Å². The lowest BCUT2D eigenvalue weighted by molar-refractivity contribution is -0.141. The molecular weight excluding hydrogens is 206 g/mol. The minimum atomic E-state index is -1.28. The van der Waals surface area contributed by atoms with Gasteiger partial charge in [-0.3, -0.25) is 9.59 Å². The number of hydrogen-bond donors (Lipinski definition) is 2. The molecule has 2 heterocycles. The summed E-state index contributed by atoms with van der Waals surface area (Å²) in [4.78, 5) is 23.4. The monoisotopic (exact) mass is 215 g/mol. The van der Waals surface area contributed by atoms with Crippen LogP contribution in [-0.4, -0.2) is 43.7 Å². The molecule has 5 nitrogen and oxygen atoms in total. The van der Waals surface area contributed by atoms with Crippen molar-refractivity contribution in [3.8, 4) is 0 Å². The summed E-state index contributed by atoms with van der Waals surface area (Å²) < 4.78 is -1.28. The number of nitrogens with zero attached hydrogens (tertiary/aromatic N) is 1. The molecule has 1 fully saturated rings. The SMILES string of the molecule is O=C1C[C@H]2SC(CO)(C(=O)O)C=CN12. The molecule has 2 rings (SSSR count). The van der Waals surface area contributed by atoms with Crippen molar-refractivity contribution in [1.29, 1.82) is 0 Å². The van der Waals surface area contributed by atoms with E-state index < -0.39 is 17.3 Å². The average Bonchev–Trinajstić information content (AvgIpc) is 2.15. The molecule has 1 amide bonds. The highest BCUT2D eigenvalue weighted by atomic mass is 32.2. The lowest BCUT2D eigenvalue weighted by atomic mass is 10.1. The van der Waals surface area contributed by atoms with Gasteiger partial charge in [-0.05, 0) is 6.08 Å². The number of carboxylic acids is 1. The first-order chi connectivity index (χ1) is 6.59. The van der Waals surface area contributed by atoms with Crippen LogP contribution in [-0.2, 0) is 9.59 Å². The second kappa shape index (κ2) is 2.99. The van der Waals surface area contributed by atoms with Crippen LogP contribution < -0.4 is 0 Å². The van der Waals surface area contributed by atoms with E-state index in [2.05, 4.69) is 0 Å². The van der Waals surface area contributed by atoms with E-state index in [-0.39, 0.29) is 11.3 Å². The molecule has 2 atom stereocenters. The Labute approximate surface area is 84.4 Å². The summed E-state index contributed by atoms with van der Waals surface area (Å²) in [7, 11) is 0. The van der Waals surface area contributed by atoms with Crippen LogP contribution in [0.15, 0.2) is 12.3 Å². The Morgan fingerprint density at radius 2 is 2.50 bits per heavy atom. The molecule has 0 radical (unpaired) electrons. The number of aliphatic hydroxyl groups excluding tert-OH is 1. The third kappa shape index (κ3) is 1.14. The summed E-state index contributed by atoms with van der Waals surface area (Å²) in [5.41, 5.74) is 0. The fraction of sp³-hybridized carbons (Fsp3) is 0.500. The second-order valence-corrected chi connectivity index (χ2v) is 4.75. The molecule has 1 saturated heterocycles. The summed E-state index contributed by atoms with van der Waals surface area (Å²) in [5.74, 6) is -1.07. The van der Waals surface area contributed by atoms with Gasteiger partial charge in [0, 0.05) is 6.20 Å². The summed E-state index contributed by atoms with van der Waals surface area (Å²) in [5, 5.41) is 17.9. The third-order valence-corrected chi connectivity index (χ3v) is 3.92. The average molecular weight is 215 g/mol. The minimum Gasteiger partial charge on any atom is -0.480 e.